The van der Waals surface area contributed by atoms with E-state index in [1.807, 2.05) is 18.4 Å². The van der Waals surface area contributed by atoms with Crippen LogP contribution in [-0.2, 0) is 6.54 Å². The fourth-order valence-corrected chi connectivity index (χ4v) is 2.69. The number of carbonyl (C=O) groups excluding carboxylic acids is 1. The molecule has 0 aromatic carbocycles. The van der Waals surface area contributed by atoms with Crippen molar-refractivity contribution in [1.82, 2.24) is 24.9 Å². The first-order valence-electron chi connectivity index (χ1n) is 5.90. The summed E-state index contributed by atoms with van der Waals surface area (Å²) in [6.45, 7) is 2.10. The molecule has 0 aliphatic rings. The lowest BCUT2D eigenvalue weighted by atomic mass is 10.3. The molecule has 3 aromatic rings. The standard InChI is InChI=1S/C12H11N5O2S/c1-7-2-5-20-9(7)11(18)14-6-8-15-16-10-12(19)13-3-4-17(8)10/h2-5H,6H2,1H3,(H,13,19)(H,14,18). The van der Waals surface area contributed by atoms with E-state index < -0.39 is 0 Å². The van der Waals surface area contributed by atoms with E-state index in [0.717, 1.165) is 5.56 Å². The minimum atomic E-state index is -0.313. The molecule has 1 amide bonds. The molecule has 3 rings (SSSR count). The number of aromatic amines is 1. The summed E-state index contributed by atoms with van der Waals surface area (Å²) in [5.41, 5.74) is 0.839. The lowest BCUT2D eigenvalue weighted by molar-refractivity contribution is 0.0953. The van der Waals surface area contributed by atoms with Crippen LogP contribution in [0.4, 0.5) is 0 Å². The molecule has 0 unspecified atom stereocenters. The van der Waals surface area contributed by atoms with Crippen LogP contribution in [0, 0.1) is 6.92 Å². The van der Waals surface area contributed by atoms with Crippen LogP contribution in [-0.4, -0.2) is 25.5 Å². The van der Waals surface area contributed by atoms with Crippen molar-refractivity contribution in [1.29, 1.82) is 0 Å². The molecule has 0 saturated carbocycles. The lowest BCUT2D eigenvalue weighted by Gasteiger charge is -2.03. The number of rotatable bonds is 3. The molecule has 8 heteroatoms. The Morgan fingerprint density at radius 1 is 1.50 bits per heavy atom. The summed E-state index contributed by atoms with van der Waals surface area (Å²) in [4.78, 5) is 26.7. The highest BCUT2D eigenvalue weighted by Crippen LogP contribution is 2.15. The SMILES string of the molecule is Cc1ccsc1C(=O)NCc1nnc2c(=O)[nH]ccn12. The summed E-state index contributed by atoms with van der Waals surface area (Å²) in [6, 6.07) is 1.89. The van der Waals surface area contributed by atoms with Gasteiger partial charge in [0.1, 0.15) is 0 Å². The summed E-state index contributed by atoms with van der Waals surface area (Å²) >= 11 is 1.39. The van der Waals surface area contributed by atoms with E-state index in [1.54, 1.807) is 10.6 Å². The molecule has 20 heavy (non-hydrogen) atoms. The maximum atomic E-state index is 12.0. The Morgan fingerprint density at radius 3 is 3.10 bits per heavy atom. The van der Waals surface area contributed by atoms with Crippen molar-refractivity contribution >= 4 is 22.9 Å². The fraction of sp³-hybridized carbons (Fsp3) is 0.167. The van der Waals surface area contributed by atoms with E-state index in [-0.39, 0.29) is 23.7 Å². The molecule has 7 nitrogen and oxygen atoms in total. The molecule has 102 valence electrons. The number of H-pyrrole nitrogens is 1. The van der Waals surface area contributed by atoms with Gasteiger partial charge in [0.05, 0.1) is 11.4 Å². The van der Waals surface area contributed by atoms with Crippen LogP contribution >= 0.6 is 11.3 Å². The average molecular weight is 289 g/mol. The number of aromatic nitrogens is 4. The zero-order chi connectivity index (χ0) is 14.1. The van der Waals surface area contributed by atoms with Crippen molar-refractivity contribution in [3.05, 3.63) is 50.5 Å². The van der Waals surface area contributed by atoms with Gasteiger partial charge in [0, 0.05) is 12.4 Å². The third-order valence-corrected chi connectivity index (χ3v) is 3.90. The zero-order valence-corrected chi connectivity index (χ0v) is 11.4. The molecule has 0 bridgehead atoms. The second kappa shape index (κ2) is 4.89. The summed E-state index contributed by atoms with van der Waals surface area (Å²) < 4.78 is 1.56. The smallest absolute Gasteiger partial charge is 0.293 e. The normalized spacial score (nSPS) is 10.8. The van der Waals surface area contributed by atoms with Crippen molar-refractivity contribution in [2.45, 2.75) is 13.5 Å². The van der Waals surface area contributed by atoms with Crippen molar-refractivity contribution in [2.75, 3.05) is 0 Å². The Kier molecular flexibility index (Phi) is 3.07. The van der Waals surface area contributed by atoms with E-state index in [0.29, 0.717) is 10.7 Å². The van der Waals surface area contributed by atoms with E-state index in [1.165, 1.54) is 17.5 Å². The van der Waals surface area contributed by atoms with Crippen molar-refractivity contribution in [2.24, 2.45) is 0 Å². The van der Waals surface area contributed by atoms with Crippen LogP contribution in [0.2, 0.25) is 0 Å². The van der Waals surface area contributed by atoms with Crippen LogP contribution in [0.5, 0.6) is 0 Å². The third kappa shape index (κ3) is 2.10. The number of carbonyl (C=O) groups is 1. The molecular formula is C12H11N5O2S. The second-order valence-corrected chi connectivity index (χ2v) is 5.13. The van der Waals surface area contributed by atoms with Crippen LogP contribution in [0.1, 0.15) is 21.1 Å². The minimum absolute atomic E-state index is 0.154. The maximum absolute atomic E-state index is 12.0. The summed E-state index contributed by atoms with van der Waals surface area (Å²) in [5, 5.41) is 12.4. The molecule has 3 heterocycles. The van der Waals surface area contributed by atoms with Gasteiger partial charge in [-0.1, -0.05) is 0 Å². The predicted octanol–water partition coefficient (Wildman–Crippen LogP) is 0.718. The van der Waals surface area contributed by atoms with Gasteiger partial charge in [-0.15, -0.1) is 21.5 Å². The second-order valence-electron chi connectivity index (χ2n) is 4.21. The molecule has 0 radical (unpaired) electrons. The van der Waals surface area contributed by atoms with Crippen molar-refractivity contribution in [3.63, 3.8) is 0 Å². The number of thiophene rings is 1. The Morgan fingerprint density at radius 2 is 2.35 bits per heavy atom. The van der Waals surface area contributed by atoms with Gasteiger partial charge in [-0.2, -0.15) is 0 Å². The van der Waals surface area contributed by atoms with Gasteiger partial charge in [-0.3, -0.25) is 14.0 Å². The van der Waals surface area contributed by atoms with Crippen molar-refractivity contribution in [3.8, 4) is 0 Å². The summed E-state index contributed by atoms with van der Waals surface area (Å²) in [6.07, 6.45) is 3.15. The number of nitrogens with zero attached hydrogens (tertiary/aromatic N) is 3. The van der Waals surface area contributed by atoms with Gasteiger partial charge in [0.15, 0.2) is 5.82 Å². The number of fused-ring (bicyclic) bond motifs is 1. The van der Waals surface area contributed by atoms with E-state index in [9.17, 15) is 9.59 Å². The number of amides is 1. The molecule has 3 aromatic heterocycles. The highest BCUT2D eigenvalue weighted by Gasteiger charge is 2.12. The monoisotopic (exact) mass is 289 g/mol. The fourth-order valence-electron chi connectivity index (χ4n) is 1.85. The summed E-state index contributed by atoms with van der Waals surface area (Å²) in [5.74, 6) is 0.354. The Bertz CT molecular complexity index is 832. The minimum Gasteiger partial charge on any atom is -0.344 e. The number of hydrogen-bond acceptors (Lipinski definition) is 5. The van der Waals surface area contributed by atoms with Gasteiger partial charge in [-0.25, -0.2) is 0 Å². The third-order valence-electron chi connectivity index (χ3n) is 2.88. The van der Waals surface area contributed by atoms with E-state index in [2.05, 4.69) is 20.5 Å². The number of aryl methyl sites for hydroxylation is 1. The number of hydrogen-bond donors (Lipinski definition) is 2. The maximum Gasteiger partial charge on any atom is 0.293 e. The van der Waals surface area contributed by atoms with Gasteiger partial charge < -0.3 is 10.3 Å². The topological polar surface area (TPSA) is 92.2 Å². The first-order chi connectivity index (χ1) is 9.66. The Labute approximate surface area is 117 Å². The molecule has 0 aliphatic carbocycles. The van der Waals surface area contributed by atoms with Crippen LogP contribution < -0.4 is 10.9 Å². The highest BCUT2D eigenvalue weighted by molar-refractivity contribution is 7.12. The largest absolute Gasteiger partial charge is 0.344 e. The number of nitrogens with one attached hydrogen (secondary N) is 2. The quantitative estimate of drug-likeness (QED) is 0.743. The Hall–Kier alpha value is -2.48. The molecular weight excluding hydrogens is 278 g/mol. The van der Waals surface area contributed by atoms with Gasteiger partial charge >= 0.3 is 0 Å². The first-order valence-corrected chi connectivity index (χ1v) is 6.78. The zero-order valence-electron chi connectivity index (χ0n) is 10.6. The van der Waals surface area contributed by atoms with Gasteiger partial charge in [-0.05, 0) is 23.9 Å². The molecule has 2 N–H and O–H groups in total. The first kappa shape index (κ1) is 12.5. The lowest BCUT2D eigenvalue weighted by Crippen LogP contribution is -2.24. The van der Waals surface area contributed by atoms with E-state index in [4.69, 9.17) is 0 Å². The molecule has 0 aliphatic heterocycles. The van der Waals surface area contributed by atoms with Gasteiger partial charge in [0.25, 0.3) is 11.5 Å². The average Bonchev–Trinajstić information content (AvgIpc) is 3.03. The van der Waals surface area contributed by atoms with Gasteiger partial charge in [0.2, 0.25) is 5.65 Å². The van der Waals surface area contributed by atoms with Crippen LogP contribution in [0.3, 0.4) is 0 Å². The highest BCUT2D eigenvalue weighted by atomic mass is 32.1. The van der Waals surface area contributed by atoms with Crippen molar-refractivity contribution < 1.29 is 4.79 Å². The molecule has 0 fully saturated rings. The Balaban J connectivity index is 1.81. The molecule has 0 spiro atoms. The van der Waals surface area contributed by atoms with E-state index >= 15 is 0 Å². The molecule has 0 saturated heterocycles. The van der Waals surface area contributed by atoms with Crippen LogP contribution in [0.15, 0.2) is 28.6 Å². The molecule has 0 atom stereocenters. The summed E-state index contributed by atoms with van der Waals surface area (Å²) in [7, 11) is 0. The predicted molar refractivity (Wildman–Crippen MR) is 73.8 cm³/mol. The van der Waals surface area contributed by atoms with Crippen LogP contribution in [0.25, 0.3) is 5.65 Å².